The maximum absolute atomic E-state index is 12.2. The lowest BCUT2D eigenvalue weighted by Gasteiger charge is -2.08. The number of aryl methyl sites for hydroxylation is 1. The summed E-state index contributed by atoms with van der Waals surface area (Å²) >= 11 is 0. The predicted molar refractivity (Wildman–Crippen MR) is 97.4 cm³/mol. The van der Waals surface area contributed by atoms with Crippen LogP contribution >= 0.6 is 0 Å². The first kappa shape index (κ1) is 16.6. The van der Waals surface area contributed by atoms with E-state index in [-0.39, 0.29) is 11.5 Å². The Balaban J connectivity index is 1.59. The Hall–Kier alpha value is -3.21. The number of amides is 1. The zero-order chi connectivity index (χ0) is 17.6. The van der Waals surface area contributed by atoms with Gasteiger partial charge in [0, 0.05) is 30.4 Å². The molecule has 1 heterocycles. The Labute approximate surface area is 146 Å². The van der Waals surface area contributed by atoms with Gasteiger partial charge in [0.1, 0.15) is 0 Å². The number of benzene rings is 2. The summed E-state index contributed by atoms with van der Waals surface area (Å²) in [7, 11) is 0. The van der Waals surface area contributed by atoms with Crippen LogP contribution in [0.2, 0.25) is 0 Å². The van der Waals surface area contributed by atoms with Gasteiger partial charge in [-0.15, -0.1) is 0 Å². The minimum Gasteiger partial charge on any atom is -0.350 e. The van der Waals surface area contributed by atoms with Crippen molar-refractivity contribution < 1.29 is 4.79 Å². The number of nitrogens with one attached hydrogen (secondary N) is 1. The number of carbonyl (C=O) groups excluding carboxylic acids is 1. The molecule has 1 N–H and O–H groups in total. The molecule has 0 fully saturated rings. The molecular weight excluding hydrogens is 314 g/mol. The number of carbonyl (C=O) groups is 1. The molecule has 1 aromatic heterocycles. The van der Waals surface area contributed by atoms with E-state index in [1.807, 2.05) is 42.5 Å². The minimum atomic E-state index is -0.160. The molecule has 0 aliphatic heterocycles. The monoisotopic (exact) mass is 333 g/mol. The van der Waals surface area contributed by atoms with Crippen LogP contribution in [0, 0.1) is 6.92 Å². The van der Waals surface area contributed by atoms with Gasteiger partial charge in [-0.05, 0) is 30.2 Å². The Morgan fingerprint density at radius 1 is 1.04 bits per heavy atom. The second-order valence-electron chi connectivity index (χ2n) is 5.76. The van der Waals surface area contributed by atoms with Crippen LogP contribution in [0.5, 0.6) is 0 Å². The van der Waals surface area contributed by atoms with Crippen molar-refractivity contribution in [3.8, 4) is 11.1 Å². The number of hydrogen-bond acceptors (Lipinski definition) is 3. The molecule has 0 aliphatic rings. The first-order valence-corrected chi connectivity index (χ1v) is 8.10. The molecule has 5 nitrogen and oxygen atoms in total. The van der Waals surface area contributed by atoms with Gasteiger partial charge in [-0.3, -0.25) is 14.2 Å². The molecule has 2 aromatic carbocycles. The average Bonchev–Trinajstić information content (AvgIpc) is 2.64. The first-order chi connectivity index (χ1) is 12.1. The van der Waals surface area contributed by atoms with Crippen molar-refractivity contribution in [3.05, 3.63) is 88.6 Å². The third kappa shape index (κ3) is 4.20. The molecule has 0 saturated heterocycles. The third-order valence-corrected chi connectivity index (χ3v) is 3.91. The zero-order valence-corrected chi connectivity index (χ0v) is 14.0. The molecule has 3 rings (SSSR count). The van der Waals surface area contributed by atoms with Gasteiger partial charge < -0.3 is 5.32 Å². The summed E-state index contributed by atoms with van der Waals surface area (Å²) in [5.41, 5.74) is 3.34. The Bertz CT molecular complexity index is 916. The van der Waals surface area contributed by atoms with E-state index in [2.05, 4.69) is 10.3 Å². The van der Waals surface area contributed by atoms with Crippen molar-refractivity contribution in [1.29, 1.82) is 0 Å². The summed E-state index contributed by atoms with van der Waals surface area (Å²) in [4.78, 5) is 28.1. The fraction of sp³-hybridized carbons (Fsp3) is 0.150. The molecule has 1 amide bonds. The Morgan fingerprint density at radius 2 is 1.72 bits per heavy atom. The van der Waals surface area contributed by atoms with Gasteiger partial charge in [0.05, 0.1) is 6.33 Å². The Kier molecular flexibility index (Phi) is 5.04. The first-order valence-electron chi connectivity index (χ1n) is 8.10. The highest BCUT2D eigenvalue weighted by atomic mass is 16.1. The molecule has 0 radical (unpaired) electrons. The molecule has 0 saturated carbocycles. The highest BCUT2D eigenvalue weighted by molar-refractivity contribution is 5.94. The lowest BCUT2D eigenvalue weighted by Crippen LogP contribution is -2.30. The highest BCUT2D eigenvalue weighted by Gasteiger charge is 2.06. The van der Waals surface area contributed by atoms with Gasteiger partial charge in [-0.25, -0.2) is 4.98 Å². The van der Waals surface area contributed by atoms with Gasteiger partial charge in [-0.1, -0.05) is 42.5 Å². The molecule has 5 heteroatoms. The van der Waals surface area contributed by atoms with Crippen molar-refractivity contribution in [2.24, 2.45) is 0 Å². The van der Waals surface area contributed by atoms with Crippen LogP contribution in [0.1, 0.15) is 16.1 Å². The molecule has 126 valence electrons. The molecule has 0 atom stereocenters. The fourth-order valence-electron chi connectivity index (χ4n) is 2.52. The summed E-state index contributed by atoms with van der Waals surface area (Å²) in [5.74, 6) is -0.160. The van der Waals surface area contributed by atoms with Crippen LogP contribution in [0.4, 0.5) is 0 Å². The lowest BCUT2D eigenvalue weighted by molar-refractivity contribution is 0.0952. The van der Waals surface area contributed by atoms with Crippen LogP contribution < -0.4 is 10.9 Å². The molecule has 25 heavy (non-hydrogen) atoms. The van der Waals surface area contributed by atoms with Crippen LogP contribution in [-0.4, -0.2) is 22.0 Å². The van der Waals surface area contributed by atoms with Crippen molar-refractivity contribution in [1.82, 2.24) is 14.9 Å². The van der Waals surface area contributed by atoms with Gasteiger partial charge in [-0.2, -0.15) is 0 Å². The summed E-state index contributed by atoms with van der Waals surface area (Å²) in [6.07, 6.45) is 1.50. The van der Waals surface area contributed by atoms with E-state index in [0.29, 0.717) is 24.3 Å². The second kappa shape index (κ2) is 7.57. The Morgan fingerprint density at radius 3 is 2.40 bits per heavy atom. The minimum absolute atomic E-state index is 0.117. The molecular formula is C20H19N3O2. The van der Waals surface area contributed by atoms with E-state index < -0.39 is 0 Å². The number of aromatic nitrogens is 2. The predicted octanol–water partition coefficient (Wildman–Crippen LogP) is 2.65. The normalized spacial score (nSPS) is 10.4. The largest absolute Gasteiger partial charge is 0.350 e. The molecule has 0 aliphatic carbocycles. The quantitative estimate of drug-likeness (QED) is 0.781. The second-order valence-corrected chi connectivity index (χ2v) is 5.76. The summed E-state index contributed by atoms with van der Waals surface area (Å²) in [6.45, 7) is 2.52. The molecule has 0 unspecified atom stereocenters. The van der Waals surface area contributed by atoms with Crippen molar-refractivity contribution in [2.45, 2.75) is 13.5 Å². The molecule has 3 aromatic rings. The van der Waals surface area contributed by atoms with E-state index in [9.17, 15) is 9.59 Å². The number of hydrogen-bond donors (Lipinski definition) is 1. The summed E-state index contributed by atoms with van der Waals surface area (Å²) in [5, 5.41) is 2.82. The van der Waals surface area contributed by atoms with Crippen molar-refractivity contribution in [2.75, 3.05) is 6.54 Å². The zero-order valence-electron chi connectivity index (χ0n) is 14.0. The van der Waals surface area contributed by atoms with Gasteiger partial charge in [0.2, 0.25) is 0 Å². The lowest BCUT2D eigenvalue weighted by atomic mass is 10.0. The maximum Gasteiger partial charge on any atom is 0.253 e. The molecule has 0 spiro atoms. The van der Waals surface area contributed by atoms with Gasteiger partial charge in [0.15, 0.2) is 0 Å². The summed E-state index contributed by atoms with van der Waals surface area (Å²) in [6, 6.07) is 18.9. The van der Waals surface area contributed by atoms with Crippen LogP contribution in [0.25, 0.3) is 11.1 Å². The van der Waals surface area contributed by atoms with E-state index in [1.54, 1.807) is 19.1 Å². The van der Waals surface area contributed by atoms with E-state index in [1.165, 1.54) is 17.0 Å². The van der Waals surface area contributed by atoms with E-state index in [0.717, 1.165) is 11.1 Å². The maximum atomic E-state index is 12.2. The van der Waals surface area contributed by atoms with E-state index >= 15 is 0 Å². The third-order valence-electron chi connectivity index (χ3n) is 3.91. The smallest absolute Gasteiger partial charge is 0.253 e. The van der Waals surface area contributed by atoms with E-state index in [4.69, 9.17) is 0 Å². The average molecular weight is 333 g/mol. The number of nitrogens with zero attached hydrogens (tertiary/aromatic N) is 2. The SMILES string of the molecule is Cc1cc(=O)n(CCNC(=O)c2ccc(-c3ccccc3)cc2)cn1. The topological polar surface area (TPSA) is 64.0 Å². The van der Waals surface area contributed by atoms with Crippen molar-refractivity contribution >= 4 is 5.91 Å². The van der Waals surface area contributed by atoms with Crippen LogP contribution in [0.15, 0.2) is 71.8 Å². The standard InChI is InChI=1S/C20H19N3O2/c1-15-13-19(24)23(14-22-15)12-11-21-20(25)18-9-7-17(8-10-18)16-5-3-2-4-6-16/h2-10,13-14H,11-12H2,1H3,(H,21,25). The van der Waals surface area contributed by atoms with Crippen molar-refractivity contribution in [3.63, 3.8) is 0 Å². The number of rotatable bonds is 5. The van der Waals surface area contributed by atoms with Crippen LogP contribution in [-0.2, 0) is 6.54 Å². The fourth-order valence-corrected chi connectivity index (χ4v) is 2.52. The molecule has 0 bridgehead atoms. The summed E-state index contributed by atoms with van der Waals surface area (Å²) < 4.78 is 1.48. The van der Waals surface area contributed by atoms with Gasteiger partial charge in [0.25, 0.3) is 11.5 Å². The van der Waals surface area contributed by atoms with Gasteiger partial charge >= 0.3 is 0 Å². The highest BCUT2D eigenvalue weighted by Crippen LogP contribution is 2.19. The van der Waals surface area contributed by atoms with Crippen LogP contribution in [0.3, 0.4) is 0 Å².